The summed E-state index contributed by atoms with van der Waals surface area (Å²) in [6, 6.07) is 17.9. The van der Waals surface area contributed by atoms with Crippen LogP contribution in [0, 0.1) is 13.8 Å². The van der Waals surface area contributed by atoms with Gasteiger partial charge in [0.05, 0.1) is 12.0 Å². The maximum absolute atomic E-state index is 12.6. The predicted molar refractivity (Wildman–Crippen MR) is 106 cm³/mol. The summed E-state index contributed by atoms with van der Waals surface area (Å²) in [5, 5.41) is 0. The van der Waals surface area contributed by atoms with Crippen molar-refractivity contribution < 1.29 is 9.53 Å². The summed E-state index contributed by atoms with van der Waals surface area (Å²) in [6.45, 7) is 4.17. The van der Waals surface area contributed by atoms with Gasteiger partial charge in [0.15, 0.2) is 0 Å². The van der Waals surface area contributed by atoms with E-state index in [2.05, 4.69) is 24.5 Å². The van der Waals surface area contributed by atoms with E-state index >= 15 is 0 Å². The first-order chi connectivity index (χ1) is 12.6. The molecule has 2 heterocycles. The number of aromatic nitrogens is 1. The molecular weight excluding hydrogens is 342 g/mol. The first-order valence-corrected chi connectivity index (χ1v) is 9.27. The van der Waals surface area contributed by atoms with Crippen LogP contribution in [-0.4, -0.2) is 17.5 Å². The fourth-order valence-corrected chi connectivity index (χ4v) is 4.38. The second-order valence-electron chi connectivity index (χ2n) is 6.30. The van der Waals surface area contributed by atoms with E-state index in [1.807, 2.05) is 54.6 Å². The maximum atomic E-state index is 12.6. The van der Waals surface area contributed by atoms with E-state index in [0.29, 0.717) is 0 Å². The molecule has 0 spiro atoms. The number of rotatable bonds is 3. The molecule has 2 aromatic carbocycles. The second kappa shape index (κ2) is 6.54. The van der Waals surface area contributed by atoms with Gasteiger partial charge in [-0.05, 0) is 68.0 Å². The molecule has 1 aliphatic rings. The number of hydrogen-bond donors (Lipinski definition) is 0. The van der Waals surface area contributed by atoms with Crippen LogP contribution in [0.1, 0.15) is 27.3 Å². The van der Waals surface area contributed by atoms with Crippen molar-refractivity contribution >= 4 is 23.6 Å². The van der Waals surface area contributed by atoms with Crippen LogP contribution in [0.3, 0.4) is 0 Å². The van der Waals surface area contributed by atoms with Crippen LogP contribution in [0.15, 0.2) is 64.4 Å². The smallest absolute Gasteiger partial charge is 0.200 e. The van der Waals surface area contributed by atoms with Crippen LogP contribution in [0.25, 0.3) is 11.8 Å². The van der Waals surface area contributed by atoms with Crippen molar-refractivity contribution in [3.05, 3.63) is 82.0 Å². The number of nitrogens with zero attached hydrogens (tertiary/aromatic N) is 1. The Hall–Kier alpha value is -2.72. The highest BCUT2D eigenvalue weighted by Crippen LogP contribution is 2.41. The molecule has 4 heteroatoms. The van der Waals surface area contributed by atoms with Crippen molar-refractivity contribution in [2.24, 2.45) is 0 Å². The number of Topliss-reactive ketones (excluding diaryl/α,β-unsaturated/α-hetero) is 1. The van der Waals surface area contributed by atoms with Gasteiger partial charge >= 0.3 is 0 Å². The van der Waals surface area contributed by atoms with Gasteiger partial charge in [-0.1, -0.05) is 23.9 Å². The van der Waals surface area contributed by atoms with Crippen LogP contribution >= 0.6 is 11.8 Å². The summed E-state index contributed by atoms with van der Waals surface area (Å²) in [4.78, 5) is 14.4. The summed E-state index contributed by atoms with van der Waals surface area (Å²) in [5.41, 5.74) is 5.20. The van der Waals surface area contributed by atoms with Crippen molar-refractivity contribution in [1.82, 2.24) is 4.57 Å². The Bertz CT molecular complexity index is 1030. The molecule has 0 saturated heterocycles. The zero-order chi connectivity index (χ0) is 18.3. The number of thioether (sulfide) groups is 1. The minimum Gasteiger partial charge on any atom is -0.497 e. The maximum Gasteiger partial charge on any atom is 0.200 e. The number of methoxy groups -OCH3 is 1. The van der Waals surface area contributed by atoms with E-state index in [9.17, 15) is 4.79 Å². The zero-order valence-electron chi connectivity index (χ0n) is 14.9. The molecule has 3 aromatic rings. The summed E-state index contributed by atoms with van der Waals surface area (Å²) in [6.07, 6.45) is 2.01. The molecule has 0 saturated carbocycles. The molecule has 0 radical (unpaired) electrons. The topological polar surface area (TPSA) is 31.2 Å². The van der Waals surface area contributed by atoms with Crippen molar-refractivity contribution in [3.8, 4) is 11.4 Å². The molecule has 0 bridgehead atoms. The second-order valence-corrected chi connectivity index (χ2v) is 7.38. The van der Waals surface area contributed by atoms with E-state index < -0.39 is 0 Å². The Balaban J connectivity index is 1.72. The third-order valence-electron chi connectivity index (χ3n) is 4.66. The third kappa shape index (κ3) is 2.76. The normalized spacial score (nSPS) is 14.7. The van der Waals surface area contributed by atoms with E-state index in [4.69, 9.17) is 4.74 Å². The molecule has 0 fully saturated rings. The van der Waals surface area contributed by atoms with Gasteiger partial charge in [0, 0.05) is 27.5 Å². The van der Waals surface area contributed by atoms with Crippen molar-refractivity contribution in [2.75, 3.05) is 7.11 Å². The molecule has 1 aliphatic heterocycles. The Kier molecular flexibility index (Phi) is 4.21. The number of ketones is 1. The Morgan fingerprint density at radius 1 is 1.04 bits per heavy atom. The van der Waals surface area contributed by atoms with E-state index in [-0.39, 0.29) is 5.78 Å². The van der Waals surface area contributed by atoms with Gasteiger partial charge < -0.3 is 9.30 Å². The highest BCUT2D eigenvalue weighted by atomic mass is 32.2. The van der Waals surface area contributed by atoms with Crippen molar-refractivity contribution in [3.63, 3.8) is 0 Å². The first-order valence-electron chi connectivity index (χ1n) is 8.45. The molecule has 1 aromatic heterocycles. The summed E-state index contributed by atoms with van der Waals surface area (Å²) in [5.74, 6) is 0.948. The third-order valence-corrected chi connectivity index (χ3v) is 5.76. The Labute approximate surface area is 157 Å². The van der Waals surface area contributed by atoms with Crippen LogP contribution < -0.4 is 4.74 Å². The minimum absolute atomic E-state index is 0.111. The van der Waals surface area contributed by atoms with Crippen LogP contribution in [0.4, 0.5) is 0 Å². The highest BCUT2D eigenvalue weighted by molar-refractivity contribution is 8.04. The number of benzene rings is 2. The SMILES string of the molecule is COc1ccc(-n2c(C)cc(/C=C3/Sc4ccccc4C3=O)c2C)cc1. The molecule has 0 unspecified atom stereocenters. The van der Waals surface area contributed by atoms with Gasteiger partial charge in [-0.3, -0.25) is 4.79 Å². The molecule has 3 nitrogen and oxygen atoms in total. The molecule has 26 heavy (non-hydrogen) atoms. The molecule has 4 rings (SSSR count). The van der Waals surface area contributed by atoms with Gasteiger partial charge in [0.25, 0.3) is 0 Å². The molecule has 130 valence electrons. The molecule has 0 aliphatic carbocycles. The molecule has 0 N–H and O–H groups in total. The fourth-order valence-electron chi connectivity index (χ4n) is 3.34. The lowest BCUT2D eigenvalue weighted by molar-refractivity contribution is 0.104. The van der Waals surface area contributed by atoms with Crippen LogP contribution in [0.2, 0.25) is 0 Å². The lowest BCUT2D eigenvalue weighted by atomic mass is 10.1. The van der Waals surface area contributed by atoms with Gasteiger partial charge in [0.2, 0.25) is 5.78 Å². The number of allylic oxidation sites excluding steroid dienone is 1. The van der Waals surface area contributed by atoms with Crippen molar-refractivity contribution in [1.29, 1.82) is 0 Å². The molecule has 0 atom stereocenters. The van der Waals surface area contributed by atoms with Gasteiger partial charge in [0.1, 0.15) is 5.75 Å². The van der Waals surface area contributed by atoms with Crippen LogP contribution in [-0.2, 0) is 0 Å². The Morgan fingerprint density at radius 2 is 1.77 bits per heavy atom. The Morgan fingerprint density at radius 3 is 2.46 bits per heavy atom. The fraction of sp³-hybridized carbons (Fsp3) is 0.136. The lowest BCUT2D eigenvalue weighted by Gasteiger charge is -2.10. The zero-order valence-corrected chi connectivity index (χ0v) is 15.8. The van der Waals surface area contributed by atoms with E-state index in [0.717, 1.165) is 43.8 Å². The van der Waals surface area contributed by atoms with E-state index in [1.54, 1.807) is 18.9 Å². The standard InChI is InChI=1S/C22H19NO2S/c1-14-12-16(13-21-22(24)19-6-4-5-7-20(19)26-21)15(2)23(14)17-8-10-18(25-3)11-9-17/h4-13H,1-3H3/b21-13+. The largest absolute Gasteiger partial charge is 0.497 e. The first kappa shape index (κ1) is 16.7. The van der Waals surface area contributed by atoms with Crippen molar-refractivity contribution in [2.45, 2.75) is 18.7 Å². The minimum atomic E-state index is 0.111. The number of aryl methyl sites for hydroxylation is 1. The number of ether oxygens (including phenoxy) is 1. The monoisotopic (exact) mass is 361 g/mol. The van der Waals surface area contributed by atoms with Gasteiger partial charge in [-0.15, -0.1) is 0 Å². The number of hydrogen-bond acceptors (Lipinski definition) is 3. The average Bonchev–Trinajstić information content (AvgIpc) is 3.12. The number of carbonyl (C=O) groups is 1. The highest BCUT2D eigenvalue weighted by Gasteiger charge is 2.25. The van der Waals surface area contributed by atoms with Crippen LogP contribution in [0.5, 0.6) is 5.75 Å². The molecular formula is C22H19NO2S. The predicted octanol–water partition coefficient (Wildman–Crippen LogP) is 5.43. The van der Waals surface area contributed by atoms with E-state index in [1.165, 1.54) is 0 Å². The quantitative estimate of drug-likeness (QED) is 0.583. The van der Waals surface area contributed by atoms with Gasteiger partial charge in [-0.25, -0.2) is 0 Å². The lowest BCUT2D eigenvalue weighted by Crippen LogP contribution is -1.99. The molecule has 0 amide bonds. The average molecular weight is 361 g/mol. The summed E-state index contributed by atoms with van der Waals surface area (Å²) >= 11 is 1.55. The van der Waals surface area contributed by atoms with Gasteiger partial charge in [-0.2, -0.15) is 0 Å². The summed E-state index contributed by atoms with van der Waals surface area (Å²) in [7, 11) is 1.67. The summed E-state index contributed by atoms with van der Waals surface area (Å²) < 4.78 is 7.44. The number of fused-ring (bicyclic) bond motifs is 1. The number of carbonyl (C=O) groups excluding carboxylic acids is 1.